The minimum Gasteiger partial charge on any atom is -0.369 e. The summed E-state index contributed by atoms with van der Waals surface area (Å²) in [7, 11) is 0. The molecule has 132 valence electrons. The van der Waals surface area contributed by atoms with Gasteiger partial charge in [0, 0.05) is 11.6 Å². The molecular formula is C15H19N7O3. The van der Waals surface area contributed by atoms with Crippen LogP contribution in [0.4, 0.5) is 11.4 Å². The minimum atomic E-state index is -0.838. The van der Waals surface area contributed by atoms with Gasteiger partial charge in [0.05, 0.1) is 4.92 Å². The highest BCUT2D eigenvalue weighted by molar-refractivity contribution is 6.07. The summed E-state index contributed by atoms with van der Waals surface area (Å²) in [6.45, 7) is 0. The lowest BCUT2D eigenvalue weighted by Crippen LogP contribution is -2.58. The molecular weight excluding hydrogens is 326 g/mol. The van der Waals surface area contributed by atoms with Crippen LogP contribution >= 0.6 is 0 Å². The van der Waals surface area contributed by atoms with Crippen LogP contribution in [0.25, 0.3) is 0 Å². The second-order valence-electron chi connectivity index (χ2n) is 6.14. The predicted molar refractivity (Wildman–Crippen MR) is 93.2 cm³/mol. The molecule has 0 atom stereocenters. The van der Waals surface area contributed by atoms with Crippen molar-refractivity contribution in [2.24, 2.45) is 27.2 Å². The molecule has 1 spiro atoms. The smallest absolute Gasteiger partial charge is 0.293 e. The standard InChI is InChI=1S/C15H19N7O3/c16-12(23)9-4-5-10(22(24)25)11(8-9)21-14(18)19-13(17)20-15(21)6-2-1-3-7-15/h4-5,8H,1-3,6-7H2,(H2,16,23)(H4,17,18,19,20). The molecule has 1 aromatic carbocycles. The van der Waals surface area contributed by atoms with Crippen LogP contribution in [0, 0.1) is 10.1 Å². The summed E-state index contributed by atoms with van der Waals surface area (Å²) >= 11 is 0. The topological polar surface area (TPSA) is 166 Å². The highest BCUT2D eigenvalue weighted by Crippen LogP contribution is 2.42. The monoisotopic (exact) mass is 345 g/mol. The number of carbonyl (C=O) groups is 1. The van der Waals surface area contributed by atoms with Gasteiger partial charge < -0.3 is 17.2 Å². The first kappa shape index (κ1) is 16.7. The van der Waals surface area contributed by atoms with E-state index in [1.54, 1.807) is 0 Å². The van der Waals surface area contributed by atoms with Crippen molar-refractivity contribution < 1.29 is 9.72 Å². The molecule has 0 unspecified atom stereocenters. The number of nitrogens with zero attached hydrogens (tertiary/aromatic N) is 4. The molecule has 6 N–H and O–H groups in total. The largest absolute Gasteiger partial charge is 0.369 e. The highest BCUT2D eigenvalue weighted by Gasteiger charge is 2.44. The van der Waals surface area contributed by atoms with Crippen molar-refractivity contribution in [2.75, 3.05) is 4.90 Å². The number of aliphatic imine (C=N–C) groups is 2. The second kappa shape index (κ2) is 6.04. The summed E-state index contributed by atoms with van der Waals surface area (Å²) < 4.78 is 0. The Balaban J connectivity index is 2.21. The Bertz CT molecular complexity index is 796. The number of nitro groups is 1. The number of carbonyl (C=O) groups excluding carboxylic acids is 1. The fourth-order valence-electron chi connectivity index (χ4n) is 3.48. The van der Waals surface area contributed by atoms with Crippen LogP contribution in [0.2, 0.25) is 0 Å². The number of nitrogens with two attached hydrogens (primary N) is 3. The van der Waals surface area contributed by atoms with Gasteiger partial charge in [-0.25, -0.2) is 4.99 Å². The second-order valence-corrected chi connectivity index (χ2v) is 6.14. The van der Waals surface area contributed by atoms with Crippen molar-refractivity contribution in [1.82, 2.24) is 0 Å². The van der Waals surface area contributed by atoms with Gasteiger partial charge in [0.1, 0.15) is 11.4 Å². The maximum absolute atomic E-state index is 11.5. The van der Waals surface area contributed by atoms with Crippen molar-refractivity contribution in [2.45, 2.75) is 37.8 Å². The van der Waals surface area contributed by atoms with Gasteiger partial charge >= 0.3 is 0 Å². The van der Waals surface area contributed by atoms with Crippen molar-refractivity contribution in [1.29, 1.82) is 0 Å². The number of guanidine groups is 2. The Morgan fingerprint density at radius 1 is 1.24 bits per heavy atom. The quantitative estimate of drug-likeness (QED) is 0.541. The molecule has 1 amide bonds. The number of anilines is 1. The Morgan fingerprint density at radius 2 is 1.92 bits per heavy atom. The Morgan fingerprint density at radius 3 is 2.52 bits per heavy atom. The van der Waals surface area contributed by atoms with Crippen molar-refractivity contribution in [3.8, 4) is 0 Å². The van der Waals surface area contributed by atoms with Crippen LogP contribution in [-0.2, 0) is 0 Å². The van der Waals surface area contributed by atoms with Crippen LogP contribution in [-0.4, -0.2) is 28.4 Å². The van der Waals surface area contributed by atoms with E-state index < -0.39 is 16.5 Å². The molecule has 3 rings (SSSR count). The van der Waals surface area contributed by atoms with Gasteiger partial charge in [0.15, 0.2) is 0 Å². The van der Waals surface area contributed by atoms with Gasteiger partial charge in [-0.2, -0.15) is 4.99 Å². The zero-order valence-electron chi connectivity index (χ0n) is 13.5. The average Bonchev–Trinajstić information content (AvgIpc) is 2.54. The third kappa shape index (κ3) is 2.86. The van der Waals surface area contributed by atoms with E-state index in [4.69, 9.17) is 17.2 Å². The van der Waals surface area contributed by atoms with E-state index in [9.17, 15) is 14.9 Å². The number of rotatable bonds is 3. The summed E-state index contributed by atoms with van der Waals surface area (Å²) in [4.78, 5) is 32.5. The van der Waals surface area contributed by atoms with Crippen LogP contribution in [0.3, 0.4) is 0 Å². The zero-order valence-corrected chi connectivity index (χ0v) is 13.5. The Labute approximate surface area is 143 Å². The Hall–Kier alpha value is -3.17. The van der Waals surface area contributed by atoms with Crippen LogP contribution in [0.1, 0.15) is 42.5 Å². The number of primary amides is 1. The van der Waals surface area contributed by atoms with E-state index in [1.807, 2.05) is 0 Å². The molecule has 1 heterocycles. The van der Waals surface area contributed by atoms with E-state index in [-0.39, 0.29) is 28.9 Å². The molecule has 0 saturated heterocycles. The van der Waals surface area contributed by atoms with Gasteiger partial charge in [-0.15, -0.1) is 0 Å². The number of nitro benzene ring substituents is 1. The molecule has 0 aromatic heterocycles. The maximum Gasteiger partial charge on any atom is 0.293 e. The van der Waals surface area contributed by atoms with Crippen LogP contribution in [0.15, 0.2) is 28.2 Å². The molecule has 1 aromatic rings. The molecule has 1 aliphatic heterocycles. The third-order valence-electron chi connectivity index (χ3n) is 4.55. The van der Waals surface area contributed by atoms with Crippen LogP contribution < -0.4 is 22.1 Å². The van der Waals surface area contributed by atoms with Crippen molar-refractivity contribution in [3.05, 3.63) is 33.9 Å². The fourth-order valence-corrected chi connectivity index (χ4v) is 3.48. The summed E-state index contributed by atoms with van der Waals surface area (Å²) in [5.74, 6) is -0.632. The first-order chi connectivity index (χ1) is 11.8. The lowest BCUT2D eigenvalue weighted by Gasteiger charge is -2.45. The number of hydrogen-bond donors (Lipinski definition) is 3. The molecule has 1 saturated carbocycles. The number of benzene rings is 1. The lowest BCUT2D eigenvalue weighted by molar-refractivity contribution is -0.384. The molecule has 10 nitrogen and oxygen atoms in total. The number of amides is 1. The molecule has 0 bridgehead atoms. The molecule has 10 heteroatoms. The minimum absolute atomic E-state index is 0.0131. The van der Waals surface area contributed by atoms with Gasteiger partial charge in [-0.05, 0) is 37.8 Å². The molecule has 25 heavy (non-hydrogen) atoms. The first-order valence-corrected chi connectivity index (χ1v) is 7.92. The molecule has 1 aliphatic carbocycles. The zero-order chi connectivity index (χ0) is 18.2. The highest BCUT2D eigenvalue weighted by atomic mass is 16.6. The van der Waals surface area contributed by atoms with E-state index in [0.717, 1.165) is 19.3 Å². The fraction of sp³-hybridized carbons (Fsp3) is 0.400. The van der Waals surface area contributed by atoms with Gasteiger partial charge in [-0.1, -0.05) is 6.42 Å². The Kier molecular flexibility index (Phi) is 4.03. The van der Waals surface area contributed by atoms with E-state index in [0.29, 0.717) is 12.8 Å². The summed E-state index contributed by atoms with van der Waals surface area (Å²) in [5, 5.41) is 11.5. The van der Waals surface area contributed by atoms with Gasteiger partial charge in [-0.3, -0.25) is 19.8 Å². The third-order valence-corrected chi connectivity index (χ3v) is 4.55. The molecule has 0 radical (unpaired) electrons. The van der Waals surface area contributed by atoms with Gasteiger partial charge in [0.25, 0.3) is 5.69 Å². The van der Waals surface area contributed by atoms with Crippen LogP contribution in [0.5, 0.6) is 0 Å². The molecule has 2 aliphatic rings. The average molecular weight is 345 g/mol. The summed E-state index contributed by atoms with van der Waals surface area (Å²) in [6.07, 6.45) is 4.04. The summed E-state index contributed by atoms with van der Waals surface area (Å²) in [5.41, 5.74) is 16.4. The first-order valence-electron chi connectivity index (χ1n) is 7.92. The van der Waals surface area contributed by atoms with E-state index in [1.165, 1.54) is 23.1 Å². The number of hydrogen-bond acceptors (Lipinski definition) is 8. The maximum atomic E-state index is 11.5. The van der Waals surface area contributed by atoms with Crippen molar-refractivity contribution >= 4 is 29.2 Å². The lowest BCUT2D eigenvalue weighted by atomic mass is 9.87. The predicted octanol–water partition coefficient (Wildman–Crippen LogP) is 0.803. The summed E-state index contributed by atoms with van der Waals surface area (Å²) in [6, 6.07) is 3.91. The normalized spacial score (nSPS) is 19.3. The van der Waals surface area contributed by atoms with E-state index in [2.05, 4.69) is 9.98 Å². The SMILES string of the molecule is NC(=O)c1ccc([N+](=O)[O-])c(N2C(N)=NC(N)=NC23CCCCC3)c1. The van der Waals surface area contributed by atoms with E-state index >= 15 is 0 Å². The van der Waals surface area contributed by atoms with Crippen molar-refractivity contribution in [3.63, 3.8) is 0 Å². The molecule has 1 fully saturated rings. The van der Waals surface area contributed by atoms with Gasteiger partial charge in [0.2, 0.25) is 17.8 Å².